The summed E-state index contributed by atoms with van der Waals surface area (Å²) < 4.78 is 21.9. The lowest BCUT2D eigenvalue weighted by Gasteiger charge is -2.09. The first-order chi connectivity index (χ1) is 14.1. The van der Waals surface area contributed by atoms with Gasteiger partial charge in [-0.2, -0.15) is 10.2 Å². The Morgan fingerprint density at radius 1 is 1.10 bits per heavy atom. The zero-order chi connectivity index (χ0) is 20.6. The van der Waals surface area contributed by atoms with Crippen molar-refractivity contribution in [3.05, 3.63) is 65.2 Å². The molecule has 3 rings (SSSR count). The molecule has 150 valence electrons. The second kappa shape index (κ2) is 9.51. The molecule has 0 aliphatic rings. The van der Waals surface area contributed by atoms with Crippen LogP contribution in [0.25, 0.3) is 0 Å². The summed E-state index contributed by atoms with van der Waals surface area (Å²) in [6, 6.07) is 15.5. The van der Waals surface area contributed by atoms with E-state index in [-0.39, 0.29) is 12.3 Å². The number of hydrogen-bond acceptors (Lipinski definition) is 7. The fourth-order valence-electron chi connectivity index (χ4n) is 2.83. The van der Waals surface area contributed by atoms with Crippen molar-refractivity contribution in [2.75, 3.05) is 26.1 Å². The van der Waals surface area contributed by atoms with Crippen LogP contribution in [0, 0.1) is 18.3 Å². The molecule has 0 unspecified atom stereocenters. The number of nitriles is 1. The van der Waals surface area contributed by atoms with E-state index in [9.17, 15) is 5.26 Å². The molecular formula is C22H23N3O4. The Kier molecular flexibility index (Phi) is 6.59. The topological polar surface area (TPSA) is 89.5 Å². The van der Waals surface area contributed by atoms with Crippen molar-refractivity contribution in [1.82, 2.24) is 4.98 Å². The molecule has 0 aliphatic carbocycles. The summed E-state index contributed by atoms with van der Waals surface area (Å²) in [6.45, 7) is 2.71. The first kappa shape index (κ1) is 20.1. The first-order valence-electron chi connectivity index (χ1n) is 9.17. The minimum absolute atomic E-state index is 0.148. The Hall–Kier alpha value is -3.66. The highest BCUT2D eigenvalue weighted by Crippen LogP contribution is 2.28. The minimum Gasteiger partial charge on any atom is -0.493 e. The summed E-state index contributed by atoms with van der Waals surface area (Å²) in [6.07, 6.45) is 0.709. The number of nitrogens with zero attached hydrogens (tertiary/aromatic N) is 2. The number of aryl methyl sites for hydroxylation is 1. The Labute approximate surface area is 169 Å². The fourth-order valence-corrected chi connectivity index (χ4v) is 2.83. The van der Waals surface area contributed by atoms with Crippen LogP contribution in [-0.2, 0) is 13.0 Å². The zero-order valence-electron chi connectivity index (χ0n) is 16.7. The molecule has 29 heavy (non-hydrogen) atoms. The lowest BCUT2D eigenvalue weighted by Crippen LogP contribution is -2.05. The van der Waals surface area contributed by atoms with Crippen LogP contribution in [0.1, 0.15) is 22.7 Å². The van der Waals surface area contributed by atoms with E-state index in [1.807, 2.05) is 55.5 Å². The second-order valence-electron chi connectivity index (χ2n) is 6.37. The minimum atomic E-state index is 0.148. The van der Waals surface area contributed by atoms with Gasteiger partial charge in [0.2, 0.25) is 17.5 Å². The standard InChI is InChI=1S/C22H23N3O4/c1-15-5-4-6-17(11-15)28-14-21-25-18(13-23)22(29-21)24-10-9-16-7-8-19(26-2)20(12-16)27-3/h4-8,11-12,24H,9-10,14H2,1-3H3. The van der Waals surface area contributed by atoms with Gasteiger partial charge in [-0.15, -0.1) is 0 Å². The highest BCUT2D eigenvalue weighted by Gasteiger charge is 2.13. The Morgan fingerprint density at radius 2 is 1.93 bits per heavy atom. The molecule has 1 aromatic heterocycles. The Bertz CT molecular complexity index is 1010. The van der Waals surface area contributed by atoms with E-state index in [4.69, 9.17) is 18.6 Å². The molecule has 7 heteroatoms. The number of oxazole rings is 1. The number of ether oxygens (including phenoxy) is 3. The molecule has 0 atom stereocenters. The van der Waals surface area contributed by atoms with E-state index < -0.39 is 0 Å². The number of hydrogen-bond donors (Lipinski definition) is 1. The summed E-state index contributed by atoms with van der Waals surface area (Å²) in [5.74, 6) is 2.78. The number of anilines is 1. The van der Waals surface area contributed by atoms with Gasteiger partial charge in [0.15, 0.2) is 18.1 Å². The molecule has 0 amide bonds. The quantitative estimate of drug-likeness (QED) is 0.585. The van der Waals surface area contributed by atoms with Crippen LogP contribution in [0.2, 0.25) is 0 Å². The van der Waals surface area contributed by atoms with E-state index in [0.717, 1.165) is 16.9 Å². The van der Waals surface area contributed by atoms with Crippen molar-refractivity contribution >= 4 is 5.88 Å². The zero-order valence-corrected chi connectivity index (χ0v) is 16.7. The molecule has 0 radical (unpaired) electrons. The van der Waals surface area contributed by atoms with Gasteiger partial charge in [0, 0.05) is 6.54 Å². The van der Waals surface area contributed by atoms with E-state index >= 15 is 0 Å². The molecule has 0 spiro atoms. The Balaban J connectivity index is 1.59. The van der Waals surface area contributed by atoms with Gasteiger partial charge in [-0.05, 0) is 48.7 Å². The maximum absolute atomic E-state index is 9.31. The van der Waals surface area contributed by atoms with Crippen molar-refractivity contribution < 1.29 is 18.6 Å². The molecule has 0 bridgehead atoms. The molecule has 7 nitrogen and oxygen atoms in total. The van der Waals surface area contributed by atoms with Crippen LogP contribution in [0.15, 0.2) is 46.9 Å². The van der Waals surface area contributed by atoms with Crippen molar-refractivity contribution in [3.8, 4) is 23.3 Å². The smallest absolute Gasteiger partial charge is 0.236 e. The molecule has 0 saturated heterocycles. The fraction of sp³-hybridized carbons (Fsp3) is 0.273. The average molecular weight is 393 g/mol. The van der Waals surface area contributed by atoms with Gasteiger partial charge in [0.25, 0.3) is 0 Å². The van der Waals surface area contributed by atoms with Crippen molar-refractivity contribution in [2.45, 2.75) is 20.0 Å². The third-order valence-corrected chi connectivity index (χ3v) is 4.28. The predicted molar refractivity (Wildman–Crippen MR) is 108 cm³/mol. The van der Waals surface area contributed by atoms with Gasteiger partial charge in [0.05, 0.1) is 14.2 Å². The number of aromatic nitrogens is 1. The molecule has 1 heterocycles. The van der Waals surface area contributed by atoms with E-state index in [0.29, 0.717) is 36.2 Å². The van der Waals surface area contributed by atoms with E-state index in [2.05, 4.69) is 10.3 Å². The number of methoxy groups -OCH3 is 2. The lowest BCUT2D eigenvalue weighted by molar-refractivity contribution is 0.264. The highest BCUT2D eigenvalue weighted by atomic mass is 16.5. The Morgan fingerprint density at radius 3 is 2.66 bits per heavy atom. The highest BCUT2D eigenvalue weighted by molar-refractivity contribution is 5.46. The van der Waals surface area contributed by atoms with Crippen LogP contribution in [-0.4, -0.2) is 25.7 Å². The van der Waals surface area contributed by atoms with E-state index in [1.54, 1.807) is 14.2 Å². The molecule has 3 aromatic rings. The van der Waals surface area contributed by atoms with Gasteiger partial charge in [-0.1, -0.05) is 18.2 Å². The molecule has 1 N–H and O–H groups in total. The molecule has 0 fully saturated rings. The van der Waals surface area contributed by atoms with Crippen LogP contribution < -0.4 is 19.5 Å². The van der Waals surface area contributed by atoms with Gasteiger partial charge >= 0.3 is 0 Å². The summed E-state index contributed by atoms with van der Waals surface area (Å²) in [7, 11) is 3.21. The summed E-state index contributed by atoms with van der Waals surface area (Å²) in [4.78, 5) is 4.19. The summed E-state index contributed by atoms with van der Waals surface area (Å²) in [5, 5.41) is 12.4. The maximum Gasteiger partial charge on any atom is 0.236 e. The second-order valence-corrected chi connectivity index (χ2v) is 6.37. The predicted octanol–water partition coefficient (Wildman–Crippen LogP) is 4.11. The normalized spacial score (nSPS) is 10.3. The van der Waals surface area contributed by atoms with Crippen LogP contribution in [0.4, 0.5) is 5.88 Å². The SMILES string of the molecule is COc1ccc(CCNc2oc(COc3cccc(C)c3)nc2C#N)cc1OC. The molecular weight excluding hydrogens is 370 g/mol. The van der Waals surface area contributed by atoms with Gasteiger partial charge in [0.1, 0.15) is 11.8 Å². The average Bonchev–Trinajstić information content (AvgIpc) is 3.14. The molecule has 2 aromatic carbocycles. The van der Waals surface area contributed by atoms with Crippen LogP contribution >= 0.6 is 0 Å². The summed E-state index contributed by atoms with van der Waals surface area (Å²) >= 11 is 0. The maximum atomic E-state index is 9.31. The third kappa shape index (κ3) is 5.20. The number of rotatable bonds is 9. The largest absolute Gasteiger partial charge is 0.493 e. The van der Waals surface area contributed by atoms with Crippen LogP contribution in [0.5, 0.6) is 17.2 Å². The van der Waals surface area contributed by atoms with Crippen molar-refractivity contribution in [1.29, 1.82) is 5.26 Å². The van der Waals surface area contributed by atoms with Crippen LogP contribution in [0.3, 0.4) is 0 Å². The van der Waals surface area contributed by atoms with Crippen molar-refractivity contribution in [2.24, 2.45) is 0 Å². The third-order valence-electron chi connectivity index (χ3n) is 4.28. The van der Waals surface area contributed by atoms with Gasteiger partial charge in [-0.3, -0.25) is 0 Å². The van der Waals surface area contributed by atoms with Gasteiger partial charge < -0.3 is 23.9 Å². The number of benzene rings is 2. The van der Waals surface area contributed by atoms with E-state index in [1.165, 1.54) is 0 Å². The summed E-state index contributed by atoms with van der Waals surface area (Å²) in [5.41, 5.74) is 2.38. The monoisotopic (exact) mass is 393 g/mol. The van der Waals surface area contributed by atoms with Crippen molar-refractivity contribution in [3.63, 3.8) is 0 Å². The molecule has 0 saturated carbocycles. The lowest BCUT2D eigenvalue weighted by atomic mass is 10.1. The first-order valence-corrected chi connectivity index (χ1v) is 9.17. The number of nitrogens with one attached hydrogen (secondary N) is 1. The van der Waals surface area contributed by atoms with Gasteiger partial charge in [-0.25, -0.2) is 0 Å². The molecule has 0 aliphatic heterocycles.